The van der Waals surface area contributed by atoms with Crippen LogP contribution in [0.1, 0.15) is 34.2 Å². The van der Waals surface area contributed by atoms with Crippen molar-refractivity contribution in [1.82, 2.24) is 20.3 Å². The Morgan fingerprint density at radius 3 is 2.58 bits per heavy atom. The third-order valence-corrected chi connectivity index (χ3v) is 5.39. The second kappa shape index (κ2) is 6.72. The second-order valence-electron chi connectivity index (χ2n) is 6.13. The number of H-pyrrole nitrogens is 1. The van der Waals surface area contributed by atoms with E-state index in [1.807, 2.05) is 68.4 Å². The minimum Gasteiger partial charge on any atom is -0.342 e. The van der Waals surface area contributed by atoms with E-state index >= 15 is 0 Å². The first kappa shape index (κ1) is 16.5. The molecule has 2 aromatic heterocycles. The van der Waals surface area contributed by atoms with Crippen molar-refractivity contribution in [1.29, 1.82) is 0 Å². The maximum atomic E-state index is 12.7. The van der Waals surface area contributed by atoms with Crippen LogP contribution in [0.15, 0.2) is 54.6 Å². The number of carbonyl (C=O) groups is 1. The van der Waals surface area contributed by atoms with Crippen molar-refractivity contribution in [3.05, 3.63) is 71.0 Å². The number of hydrogen-bond donors (Lipinski definition) is 2. The molecule has 1 unspecified atom stereocenters. The van der Waals surface area contributed by atoms with Gasteiger partial charge in [-0.1, -0.05) is 42.5 Å². The lowest BCUT2D eigenvalue weighted by atomic mass is 10.2. The summed E-state index contributed by atoms with van der Waals surface area (Å²) >= 11 is 1.41. The van der Waals surface area contributed by atoms with E-state index in [0.29, 0.717) is 4.88 Å². The molecule has 0 radical (unpaired) electrons. The molecular weight excluding hydrogens is 344 g/mol. The first-order valence-corrected chi connectivity index (χ1v) is 9.22. The van der Waals surface area contributed by atoms with Gasteiger partial charge in [-0.25, -0.2) is 9.97 Å². The molecule has 0 aliphatic carbocycles. The van der Waals surface area contributed by atoms with E-state index in [2.05, 4.69) is 20.3 Å². The molecule has 130 valence electrons. The zero-order valence-electron chi connectivity index (χ0n) is 14.5. The number of thiazole rings is 1. The molecule has 1 amide bonds. The van der Waals surface area contributed by atoms with Crippen LogP contribution in [-0.2, 0) is 0 Å². The Morgan fingerprint density at radius 2 is 1.81 bits per heavy atom. The lowest BCUT2D eigenvalue weighted by Gasteiger charge is -2.10. The van der Waals surface area contributed by atoms with Crippen molar-refractivity contribution in [3.8, 4) is 10.6 Å². The number of para-hydroxylation sites is 2. The Morgan fingerprint density at radius 1 is 1.08 bits per heavy atom. The highest BCUT2D eigenvalue weighted by atomic mass is 32.1. The second-order valence-corrected chi connectivity index (χ2v) is 7.13. The third-order valence-electron chi connectivity index (χ3n) is 4.19. The molecule has 0 saturated carbocycles. The molecule has 4 aromatic rings. The molecule has 0 bridgehead atoms. The van der Waals surface area contributed by atoms with Gasteiger partial charge in [0.1, 0.15) is 15.7 Å². The van der Waals surface area contributed by atoms with Gasteiger partial charge in [0.25, 0.3) is 5.91 Å². The number of hydrogen-bond acceptors (Lipinski definition) is 4. The van der Waals surface area contributed by atoms with Crippen molar-refractivity contribution in [2.75, 3.05) is 0 Å². The zero-order valence-corrected chi connectivity index (χ0v) is 15.3. The number of aromatic nitrogens is 3. The van der Waals surface area contributed by atoms with Crippen LogP contribution >= 0.6 is 11.3 Å². The number of fused-ring (bicyclic) bond motifs is 1. The van der Waals surface area contributed by atoms with Crippen LogP contribution in [0.4, 0.5) is 0 Å². The fraction of sp³-hybridized carbons (Fsp3) is 0.150. The number of imidazole rings is 1. The third kappa shape index (κ3) is 3.11. The van der Waals surface area contributed by atoms with E-state index in [1.54, 1.807) is 0 Å². The number of rotatable bonds is 4. The van der Waals surface area contributed by atoms with E-state index in [1.165, 1.54) is 11.3 Å². The summed E-state index contributed by atoms with van der Waals surface area (Å²) in [6.07, 6.45) is 0. The average Bonchev–Trinajstić information content (AvgIpc) is 3.26. The summed E-state index contributed by atoms with van der Waals surface area (Å²) in [5.41, 5.74) is 3.61. The van der Waals surface area contributed by atoms with E-state index in [9.17, 15) is 4.79 Å². The Balaban J connectivity index is 1.55. The van der Waals surface area contributed by atoms with Crippen molar-refractivity contribution >= 4 is 28.3 Å². The molecule has 0 aliphatic heterocycles. The zero-order chi connectivity index (χ0) is 18.1. The van der Waals surface area contributed by atoms with Gasteiger partial charge in [-0.2, -0.15) is 0 Å². The van der Waals surface area contributed by atoms with Crippen LogP contribution in [0, 0.1) is 6.92 Å². The van der Waals surface area contributed by atoms with Crippen molar-refractivity contribution < 1.29 is 4.79 Å². The van der Waals surface area contributed by atoms with Crippen molar-refractivity contribution in [3.63, 3.8) is 0 Å². The largest absolute Gasteiger partial charge is 0.342 e. The topological polar surface area (TPSA) is 70.7 Å². The van der Waals surface area contributed by atoms with Gasteiger partial charge >= 0.3 is 0 Å². The molecule has 0 saturated heterocycles. The molecule has 1 atom stereocenters. The Hall–Kier alpha value is -2.99. The van der Waals surface area contributed by atoms with Gasteiger partial charge in [-0.15, -0.1) is 11.3 Å². The van der Waals surface area contributed by atoms with Crippen LogP contribution in [0.3, 0.4) is 0 Å². The number of aromatic amines is 1. The Kier molecular flexibility index (Phi) is 4.26. The van der Waals surface area contributed by atoms with Gasteiger partial charge in [0.05, 0.1) is 22.8 Å². The lowest BCUT2D eigenvalue weighted by molar-refractivity contribution is 0.0941. The van der Waals surface area contributed by atoms with Crippen molar-refractivity contribution in [2.24, 2.45) is 0 Å². The highest BCUT2D eigenvalue weighted by Gasteiger charge is 2.20. The minimum absolute atomic E-state index is 0.130. The predicted octanol–water partition coefficient (Wildman–Crippen LogP) is 4.49. The standard InChI is InChI=1S/C20H18N4OS/c1-12-17(26-20(22-12)14-8-4-3-5-9-14)19(25)21-13(2)18-23-15-10-6-7-11-16(15)24-18/h3-11,13H,1-2H3,(H,21,25)(H,23,24). The first-order valence-electron chi connectivity index (χ1n) is 8.40. The molecule has 5 nitrogen and oxygen atoms in total. The molecule has 2 aromatic carbocycles. The highest BCUT2D eigenvalue weighted by Crippen LogP contribution is 2.28. The number of nitrogens with zero attached hydrogens (tertiary/aromatic N) is 2. The smallest absolute Gasteiger partial charge is 0.263 e. The van der Waals surface area contributed by atoms with E-state index in [0.717, 1.165) is 33.1 Å². The fourth-order valence-electron chi connectivity index (χ4n) is 2.82. The van der Waals surface area contributed by atoms with Crippen LogP contribution < -0.4 is 5.32 Å². The molecule has 4 rings (SSSR count). The fourth-order valence-corrected chi connectivity index (χ4v) is 3.79. The highest BCUT2D eigenvalue weighted by molar-refractivity contribution is 7.17. The summed E-state index contributed by atoms with van der Waals surface area (Å²) in [6, 6.07) is 17.5. The summed E-state index contributed by atoms with van der Waals surface area (Å²) in [6.45, 7) is 3.79. The van der Waals surface area contributed by atoms with Crippen LogP contribution in [0.5, 0.6) is 0 Å². The van der Waals surface area contributed by atoms with Gasteiger partial charge in [0.2, 0.25) is 0 Å². The van der Waals surface area contributed by atoms with E-state index in [-0.39, 0.29) is 11.9 Å². The molecule has 0 aliphatic rings. The molecule has 0 fully saturated rings. The Bertz CT molecular complexity index is 1030. The number of aryl methyl sites for hydroxylation is 1. The van der Waals surface area contributed by atoms with Gasteiger partial charge in [-0.05, 0) is 26.0 Å². The SMILES string of the molecule is Cc1nc(-c2ccccc2)sc1C(=O)NC(C)c1nc2ccccc2[nH]1. The number of nitrogens with one attached hydrogen (secondary N) is 2. The molecule has 26 heavy (non-hydrogen) atoms. The summed E-state index contributed by atoms with van der Waals surface area (Å²) in [7, 11) is 0. The molecular formula is C20H18N4OS. The molecule has 6 heteroatoms. The van der Waals surface area contributed by atoms with Gasteiger partial charge in [0.15, 0.2) is 0 Å². The lowest BCUT2D eigenvalue weighted by Crippen LogP contribution is -2.27. The van der Waals surface area contributed by atoms with Crippen LogP contribution in [0.2, 0.25) is 0 Å². The monoisotopic (exact) mass is 362 g/mol. The van der Waals surface area contributed by atoms with Gasteiger partial charge < -0.3 is 10.3 Å². The Labute approximate surface area is 155 Å². The van der Waals surface area contributed by atoms with E-state index < -0.39 is 0 Å². The van der Waals surface area contributed by atoms with E-state index in [4.69, 9.17) is 0 Å². The molecule has 0 spiro atoms. The molecule has 2 N–H and O–H groups in total. The number of amides is 1. The van der Waals surface area contributed by atoms with Crippen LogP contribution in [0.25, 0.3) is 21.6 Å². The van der Waals surface area contributed by atoms with Gasteiger partial charge in [0, 0.05) is 5.56 Å². The average molecular weight is 362 g/mol. The predicted molar refractivity (Wildman–Crippen MR) is 104 cm³/mol. The van der Waals surface area contributed by atoms with Gasteiger partial charge in [-0.3, -0.25) is 4.79 Å². The number of carbonyl (C=O) groups excluding carboxylic acids is 1. The summed E-state index contributed by atoms with van der Waals surface area (Å²) in [5.74, 6) is 0.611. The normalized spacial score (nSPS) is 12.2. The summed E-state index contributed by atoms with van der Waals surface area (Å²) in [4.78, 5) is 25.7. The maximum absolute atomic E-state index is 12.7. The summed E-state index contributed by atoms with van der Waals surface area (Å²) < 4.78 is 0. The van der Waals surface area contributed by atoms with Crippen LogP contribution in [-0.4, -0.2) is 20.9 Å². The van der Waals surface area contributed by atoms with Crippen molar-refractivity contribution in [2.45, 2.75) is 19.9 Å². The maximum Gasteiger partial charge on any atom is 0.263 e. The molecule has 2 heterocycles. The minimum atomic E-state index is -0.225. The summed E-state index contributed by atoms with van der Waals surface area (Å²) in [5, 5.41) is 3.87. The number of benzene rings is 2. The quantitative estimate of drug-likeness (QED) is 0.562. The first-order chi connectivity index (χ1) is 12.6.